The Morgan fingerprint density at radius 3 is 1.35 bits per heavy atom. The largest absolute Gasteiger partial charge is 0.344 e. The molecule has 0 aromatic carbocycles. The highest BCUT2D eigenvalue weighted by molar-refractivity contribution is 4.63. The lowest BCUT2D eigenvalue weighted by Crippen LogP contribution is -2.41. The fourth-order valence-electron chi connectivity index (χ4n) is 2.12. The lowest BCUT2D eigenvalue weighted by molar-refractivity contribution is 0.127. The van der Waals surface area contributed by atoms with Crippen LogP contribution in [0.4, 0.5) is 0 Å². The molecule has 126 valence electrons. The highest BCUT2D eigenvalue weighted by Gasteiger charge is 2.10. The van der Waals surface area contributed by atoms with Gasteiger partial charge in [0.25, 0.3) is 0 Å². The van der Waals surface area contributed by atoms with E-state index in [2.05, 4.69) is 16.7 Å². The molecule has 9 N–H and O–H groups in total. The van der Waals surface area contributed by atoms with Crippen molar-refractivity contribution < 1.29 is 1.43 Å². The zero-order chi connectivity index (χ0) is 14.3. The van der Waals surface area contributed by atoms with Gasteiger partial charge in [0.2, 0.25) is 0 Å². The molecule has 0 atom stereocenters. The van der Waals surface area contributed by atoms with Crippen molar-refractivity contribution in [3.63, 3.8) is 0 Å². The van der Waals surface area contributed by atoms with E-state index in [9.17, 15) is 0 Å². The van der Waals surface area contributed by atoms with Gasteiger partial charge in [-0.05, 0) is 51.9 Å². The van der Waals surface area contributed by atoms with E-state index in [1.54, 1.807) is 0 Å². The van der Waals surface area contributed by atoms with E-state index in [1.807, 2.05) is 0 Å². The van der Waals surface area contributed by atoms with Crippen LogP contribution in [0.1, 0.15) is 40.5 Å². The van der Waals surface area contributed by atoms with Gasteiger partial charge in [0.1, 0.15) is 0 Å². The number of rotatable bonds is 14. The summed E-state index contributed by atoms with van der Waals surface area (Å²) in [6.07, 6.45) is 5.69. The van der Waals surface area contributed by atoms with Crippen molar-refractivity contribution in [2.24, 2.45) is 17.2 Å². The van der Waals surface area contributed by atoms with E-state index < -0.39 is 0 Å². The Morgan fingerprint density at radius 2 is 1.05 bits per heavy atom. The molecule has 0 spiro atoms. The molecule has 0 fully saturated rings. The van der Waals surface area contributed by atoms with Crippen molar-refractivity contribution in [3.8, 4) is 0 Å². The Kier molecular flexibility index (Phi) is 18.5. The molecule has 0 saturated heterocycles. The molecule has 6 nitrogen and oxygen atoms in total. The number of hydrogen-bond donors (Lipinski definition) is 4. The van der Waals surface area contributed by atoms with Crippen molar-refractivity contribution in [3.05, 3.63) is 0 Å². The van der Waals surface area contributed by atoms with Gasteiger partial charge in [0, 0.05) is 21.1 Å². The molecule has 0 radical (unpaired) electrons. The van der Waals surface area contributed by atoms with Crippen LogP contribution in [0.2, 0.25) is 0 Å². The lowest BCUT2D eigenvalue weighted by atomic mass is 10.3. The Morgan fingerprint density at radius 1 is 0.700 bits per heavy atom. The molecule has 0 aromatic rings. The van der Waals surface area contributed by atoms with Crippen LogP contribution in [0.3, 0.4) is 0 Å². The zero-order valence-corrected chi connectivity index (χ0v) is 13.5. The molecule has 0 saturated carbocycles. The molecule has 0 aliphatic rings. The van der Waals surface area contributed by atoms with Crippen LogP contribution in [-0.2, 0) is 0 Å². The van der Waals surface area contributed by atoms with E-state index in [4.69, 9.17) is 17.2 Å². The van der Waals surface area contributed by atoms with Crippen LogP contribution in [-0.4, -0.2) is 62.3 Å². The van der Waals surface area contributed by atoms with Gasteiger partial charge in [-0.15, -0.1) is 0 Å². The van der Waals surface area contributed by atoms with E-state index in [0.29, 0.717) is 0 Å². The molecule has 0 aliphatic heterocycles. The predicted octanol–water partition coefficient (Wildman–Crippen LogP) is 0.802. The minimum atomic E-state index is 0. The minimum absolute atomic E-state index is 0. The number of hydrogen-bond acceptors (Lipinski definition) is 6. The summed E-state index contributed by atoms with van der Waals surface area (Å²) in [6, 6.07) is 0. The average Bonchev–Trinajstić information content (AvgIpc) is 2.44. The molecular weight excluding hydrogens is 252 g/mol. The average molecular weight is 293 g/mol. The minimum Gasteiger partial charge on any atom is -0.344 e. The van der Waals surface area contributed by atoms with E-state index in [1.165, 1.54) is 12.8 Å². The first kappa shape index (κ1) is 22.0. The van der Waals surface area contributed by atoms with Crippen molar-refractivity contribution in [2.75, 3.05) is 52.5 Å². The molecule has 0 amide bonds. The first-order chi connectivity index (χ1) is 9.28. The topological polar surface area (TPSA) is 120 Å². The molecule has 20 heavy (non-hydrogen) atoms. The highest BCUT2D eigenvalue weighted by atomic mass is 15.3. The van der Waals surface area contributed by atoms with Crippen LogP contribution in [0, 0.1) is 0 Å². The van der Waals surface area contributed by atoms with Crippen LogP contribution in [0.5, 0.6) is 0 Å². The van der Waals surface area contributed by atoms with Gasteiger partial charge in [-0.2, -0.15) is 0 Å². The van der Waals surface area contributed by atoms with Gasteiger partial charge in [-0.3, -0.25) is 9.80 Å². The van der Waals surface area contributed by atoms with Crippen molar-refractivity contribution in [1.82, 2.24) is 16.0 Å². The summed E-state index contributed by atoms with van der Waals surface area (Å²) in [5.74, 6) is 0. The molecule has 0 bridgehead atoms. The number of nitrogens with zero attached hydrogens (tertiary/aromatic N) is 2. The van der Waals surface area contributed by atoms with Crippen LogP contribution in [0.15, 0.2) is 0 Å². The fraction of sp³-hybridized carbons (Fsp3) is 1.00. The molecule has 0 aliphatic carbocycles. The van der Waals surface area contributed by atoms with Crippen molar-refractivity contribution in [2.45, 2.75) is 39.0 Å². The summed E-state index contributed by atoms with van der Waals surface area (Å²) < 4.78 is 0. The first-order valence-corrected chi connectivity index (χ1v) is 7.83. The maximum Gasteiger partial charge on any atom is 0.0506 e. The molecule has 0 unspecified atom stereocenters. The second kappa shape index (κ2) is 16.8. The van der Waals surface area contributed by atoms with Gasteiger partial charge in [-0.25, -0.2) is 0 Å². The fourth-order valence-corrected chi connectivity index (χ4v) is 2.12. The van der Waals surface area contributed by atoms with Crippen LogP contribution in [0.25, 0.3) is 0 Å². The number of unbranched alkanes of at least 4 members (excludes halogenated alkanes) is 1. The van der Waals surface area contributed by atoms with Crippen molar-refractivity contribution in [1.29, 1.82) is 0 Å². The van der Waals surface area contributed by atoms with E-state index in [0.717, 1.165) is 71.7 Å². The van der Waals surface area contributed by atoms with Gasteiger partial charge in [0.15, 0.2) is 0 Å². The molecular formula is C14H40N6. The SMILES string of the molecule is CCCCN(CCCN)CN(CCCN)CCCN.N.[HH]. The summed E-state index contributed by atoms with van der Waals surface area (Å²) >= 11 is 0. The first-order valence-electron chi connectivity index (χ1n) is 7.83. The van der Waals surface area contributed by atoms with Gasteiger partial charge in [0.05, 0.1) is 6.67 Å². The summed E-state index contributed by atoms with van der Waals surface area (Å²) in [5, 5.41) is 0. The summed E-state index contributed by atoms with van der Waals surface area (Å²) in [4.78, 5) is 5.00. The second-order valence-corrected chi connectivity index (χ2v) is 5.16. The quantitative estimate of drug-likeness (QED) is 0.352. The molecule has 0 rings (SSSR count). The second-order valence-electron chi connectivity index (χ2n) is 5.16. The van der Waals surface area contributed by atoms with Crippen molar-refractivity contribution >= 4 is 0 Å². The molecule has 6 heteroatoms. The maximum atomic E-state index is 5.62. The van der Waals surface area contributed by atoms with Gasteiger partial charge in [-0.1, -0.05) is 13.3 Å². The van der Waals surface area contributed by atoms with Crippen LogP contribution < -0.4 is 23.4 Å². The van der Waals surface area contributed by atoms with E-state index >= 15 is 0 Å². The predicted molar refractivity (Wildman–Crippen MR) is 91.1 cm³/mol. The Bertz CT molecular complexity index is 151. The summed E-state index contributed by atoms with van der Waals surface area (Å²) in [7, 11) is 0. The normalized spacial score (nSPS) is 11.1. The highest BCUT2D eigenvalue weighted by Crippen LogP contribution is 2.02. The molecule has 0 aromatic heterocycles. The lowest BCUT2D eigenvalue weighted by Gasteiger charge is -2.30. The summed E-state index contributed by atoms with van der Waals surface area (Å²) in [6.45, 7) is 9.96. The van der Waals surface area contributed by atoms with Crippen LogP contribution >= 0.6 is 0 Å². The third-order valence-corrected chi connectivity index (χ3v) is 3.26. The Balaban J connectivity index is -0.00000162. The van der Waals surface area contributed by atoms with E-state index in [-0.39, 0.29) is 7.58 Å². The Labute approximate surface area is 127 Å². The molecule has 0 heterocycles. The Hall–Kier alpha value is -0.240. The zero-order valence-electron chi connectivity index (χ0n) is 13.5. The third kappa shape index (κ3) is 12.8. The van der Waals surface area contributed by atoms with Gasteiger partial charge < -0.3 is 23.4 Å². The maximum absolute atomic E-state index is 5.62. The monoisotopic (exact) mass is 292 g/mol. The van der Waals surface area contributed by atoms with Gasteiger partial charge >= 0.3 is 0 Å². The third-order valence-electron chi connectivity index (χ3n) is 3.26. The summed E-state index contributed by atoms with van der Waals surface area (Å²) in [5.41, 5.74) is 16.9. The number of nitrogens with two attached hydrogens (primary N) is 3. The standard InChI is InChI=1S/C14H35N5.H3N.H2/c1-2-3-10-18(11-4-7-15)14-19(12-5-8-16)13-6-9-17;;/h2-17H2,1H3;1H3;1H. The smallest absolute Gasteiger partial charge is 0.0506 e.